The Morgan fingerprint density at radius 3 is 1.75 bits per heavy atom. The first-order chi connectivity index (χ1) is 23.8. The minimum absolute atomic E-state index is 1.13. The average molecular weight is 628 g/mol. The maximum atomic E-state index is 2.37. The quantitative estimate of drug-likeness (QED) is 0.176. The SMILES string of the molecule is c1ccc(N(c2ccc(-c3ccc4c(ccc5ccc6ccccc6c54)c3)cc2)c2ccc3sc4c5ccccc5ccc4c3c2)cc1. The van der Waals surface area contributed by atoms with Crippen LogP contribution in [-0.2, 0) is 0 Å². The van der Waals surface area contributed by atoms with E-state index >= 15 is 0 Å². The highest BCUT2D eigenvalue weighted by Crippen LogP contribution is 2.43. The van der Waals surface area contributed by atoms with Gasteiger partial charge in [0.2, 0.25) is 0 Å². The first kappa shape index (κ1) is 27.2. The highest BCUT2D eigenvalue weighted by atomic mass is 32.1. The molecule has 0 bridgehead atoms. The lowest BCUT2D eigenvalue weighted by Gasteiger charge is -2.26. The van der Waals surface area contributed by atoms with Gasteiger partial charge < -0.3 is 4.90 Å². The van der Waals surface area contributed by atoms with Crippen LogP contribution in [0.2, 0.25) is 0 Å². The molecule has 10 rings (SSSR count). The van der Waals surface area contributed by atoms with Crippen molar-refractivity contribution in [3.63, 3.8) is 0 Å². The van der Waals surface area contributed by atoms with Crippen LogP contribution in [0.3, 0.4) is 0 Å². The second-order valence-electron chi connectivity index (χ2n) is 12.6. The fourth-order valence-electron chi connectivity index (χ4n) is 7.47. The van der Waals surface area contributed by atoms with Gasteiger partial charge in [-0.3, -0.25) is 0 Å². The van der Waals surface area contributed by atoms with Gasteiger partial charge in [0.1, 0.15) is 0 Å². The third kappa shape index (κ3) is 4.31. The number of hydrogen-bond donors (Lipinski definition) is 0. The van der Waals surface area contributed by atoms with Gasteiger partial charge in [-0.2, -0.15) is 0 Å². The predicted molar refractivity (Wildman–Crippen MR) is 209 cm³/mol. The number of hydrogen-bond acceptors (Lipinski definition) is 2. The highest BCUT2D eigenvalue weighted by Gasteiger charge is 2.16. The number of anilines is 3. The lowest BCUT2D eigenvalue weighted by atomic mass is 9.94. The van der Waals surface area contributed by atoms with Gasteiger partial charge in [0.05, 0.1) is 0 Å². The van der Waals surface area contributed by atoms with Crippen molar-refractivity contribution < 1.29 is 0 Å². The molecule has 0 atom stereocenters. The molecule has 0 aliphatic heterocycles. The van der Waals surface area contributed by atoms with Crippen LogP contribution >= 0.6 is 11.3 Å². The zero-order chi connectivity index (χ0) is 31.6. The third-order valence-electron chi connectivity index (χ3n) is 9.80. The van der Waals surface area contributed by atoms with E-state index in [9.17, 15) is 0 Å². The smallest absolute Gasteiger partial charge is 0.0468 e. The Hall–Kier alpha value is -5.96. The van der Waals surface area contributed by atoms with Crippen LogP contribution in [0.25, 0.3) is 74.4 Å². The Bertz CT molecular complexity index is 2830. The topological polar surface area (TPSA) is 3.24 Å². The van der Waals surface area contributed by atoms with Crippen LogP contribution in [0, 0.1) is 0 Å². The number of fused-ring (bicyclic) bond motifs is 10. The van der Waals surface area contributed by atoms with Crippen LogP contribution in [0.1, 0.15) is 0 Å². The van der Waals surface area contributed by atoms with Crippen molar-refractivity contribution in [3.8, 4) is 11.1 Å². The zero-order valence-corrected chi connectivity index (χ0v) is 26.9. The van der Waals surface area contributed by atoms with Gasteiger partial charge >= 0.3 is 0 Å². The second kappa shape index (κ2) is 10.8. The standard InChI is InChI=1S/C46H29NS/c1-2-10-36(11-3-1)47(38-24-27-44-43(29-38)42-26-20-32-9-5-7-13-41(32)46(42)48-44)37-22-18-30(19-23-37)34-21-25-40-35(28-34)17-16-33-15-14-31-8-4-6-12-39(31)45(33)40/h1-29H. The summed E-state index contributed by atoms with van der Waals surface area (Å²) >= 11 is 1.89. The Balaban J connectivity index is 1.07. The van der Waals surface area contributed by atoms with Gasteiger partial charge in [-0.25, -0.2) is 0 Å². The number of rotatable bonds is 4. The Morgan fingerprint density at radius 2 is 0.917 bits per heavy atom. The summed E-state index contributed by atoms with van der Waals surface area (Å²) < 4.78 is 2.66. The van der Waals surface area contributed by atoms with Crippen LogP contribution < -0.4 is 4.90 Å². The normalized spacial score (nSPS) is 11.8. The molecule has 224 valence electrons. The molecular weight excluding hydrogens is 599 g/mol. The van der Waals surface area contributed by atoms with Gasteiger partial charge in [-0.15, -0.1) is 11.3 Å². The van der Waals surface area contributed by atoms with E-state index in [1.165, 1.54) is 74.4 Å². The van der Waals surface area contributed by atoms with E-state index in [0.29, 0.717) is 0 Å². The Kier molecular flexibility index (Phi) is 6.12. The van der Waals surface area contributed by atoms with Crippen LogP contribution in [0.15, 0.2) is 176 Å². The van der Waals surface area contributed by atoms with Crippen molar-refractivity contribution in [2.24, 2.45) is 0 Å². The molecule has 0 saturated carbocycles. The van der Waals surface area contributed by atoms with Crippen molar-refractivity contribution >= 4 is 91.7 Å². The summed E-state index contributed by atoms with van der Waals surface area (Å²) in [7, 11) is 0. The molecule has 1 aromatic heterocycles. The summed E-state index contributed by atoms with van der Waals surface area (Å²) in [5, 5.41) is 13.0. The molecule has 0 fully saturated rings. The molecule has 1 nitrogen and oxygen atoms in total. The van der Waals surface area contributed by atoms with Crippen LogP contribution in [-0.4, -0.2) is 0 Å². The van der Waals surface area contributed by atoms with E-state index in [0.717, 1.165) is 17.1 Å². The number of thiophene rings is 1. The van der Waals surface area contributed by atoms with Gasteiger partial charge in [0.25, 0.3) is 0 Å². The number of benzene rings is 9. The lowest BCUT2D eigenvalue weighted by Crippen LogP contribution is -2.09. The minimum Gasteiger partial charge on any atom is -0.310 e. The summed E-state index contributed by atoms with van der Waals surface area (Å²) in [5.74, 6) is 0. The van der Waals surface area contributed by atoms with E-state index < -0.39 is 0 Å². The van der Waals surface area contributed by atoms with E-state index in [1.54, 1.807) is 0 Å². The minimum atomic E-state index is 1.13. The van der Waals surface area contributed by atoms with E-state index in [2.05, 4.69) is 181 Å². The van der Waals surface area contributed by atoms with Crippen molar-refractivity contribution in [2.75, 3.05) is 4.90 Å². The molecule has 0 spiro atoms. The molecule has 0 amide bonds. The predicted octanol–water partition coefficient (Wildman–Crippen LogP) is 13.8. The maximum absolute atomic E-state index is 2.37. The number of para-hydroxylation sites is 1. The average Bonchev–Trinajstić information content (AvgIpc) is 3.54. The van der Waals surface area contributed by atoms with E-state index in [1.807, 2.05) is 11.3 Å². The first-order valence-electron chi connectivity index (χ1n) is 16.4. The Labute approximate surface area is 282 Å². The molecule has 0 unspecified atom stereocenters. The molecule has 2 heteroatoms. The highest BCUT2D eigenvalue weighted by molar-refractivity contribution is 7.26. The van der Waals surface area contributed by atoms with Gasteiger partial charge in [-0.05, 0) is 103 Å². The molecule has 0 N–H and O–H groups in total. The fourth-order valence-corrected chi connectivity index (χ4v) is 8.69. The molecule has 9 aromatic carbocycles. The Morgan fingerprint density at radius 1 is 0.333 bits per heavy atom. The molecule has 0 saturated heterocycles. The van der Waals surface area contributed by atoms with Gasteiger partial charge in [-0.1, -0.05) is 127 Å². The van der Waals surface area contributed by atoms with Crippen molar-refractivity contribution in [1.82, 2.24) is 0 Å². The summed E-state index contributed by atoms with van der Waals surface area (Å²) in [6, 6.07) is 64.4. The van der Waals surface area contributed by atoms with E-state index in [4.69, 9.17) is 0 Å². The summed E-state index contributed by atoms with van der Waals surface area (Å²) in [4.78, 5) is 2.37. The molecule has 1 heterocycles. The zero-order valence-electron chi connectivity index (χ0n) is 26.1. The van der Waals surface area contributed by atoms with Crippen LogP contribution in [0.5, 0.6) is 0 Å². The summed E-state index contributed by atoms with van der Waals surface area (Å²) in [6.07, 6.45) is 0. The van der Waals surface area contributed by atoms with E-state index in [-0.39, 0.29) is 0 Å². The van der Waals surface area contributed by atoms with Crippen molar-refractivity contribution in [3.05, 3.63) is 176 Å². The number of nitrogens with zero attached hydrogens (tertiary/aromatic N) is 1. The third-order valence-corrected chi connectivity index (χ3v) is 11.0. The fraction of sp³-hybridized carbons (Fsp3) is 0. The molecule has 48 heavy (non-hydrogen) atoms. The summed E-state index contributed by atoms with van der Waals surface area (Å²) in [6.45, 7) is 0. The lowest BCUT2D eigenvalue weighted by molar-refractivity contribution is 1.29. The first-order valence-corrected chi connectivity index (χ1v) is 17.2. The van der Waals surface area contributed by atoms with Gasteiger partial charge in [0, 0.05) is 37.2 Å². The maximum Gasteiger partial charge on any atom is 0.0468 e. The van der Waals surface area contributed by atoms with Crippen molar-refractivity contribution in [1.29, 1.82) is 0 Å². The van der Waals surface area contributed by atoms with Crippen molar-refractivity contribution in [2.45, 2.75) is 0 Å². The van der Waals surface area contributed by atoms with Crippen LogP contribution in [0.4, 0.5) is 17.1 Å². The molecule has 0 aliphatic rings. The molecule has 10 aromatic rings. The molecular formula is C46H29NS. The van der Waals surface area contributed by atoms with Gasteiger partial charge in [0.15, 0.2) is 0 Å². The summed E-state index contributed by atoms with van der Waals surface area (Å²) in [5.41, 5.74) is 5.85. The molecule has 0 radical (unpaired) electrons. The second-order valence-corrected chi connectivity index (χ2v) is 13.6. The molecule has 0 aliphatic carbocycles. The largest absolute Gasteiger partial charge is 0.310 e. The monoisotopic (exact) mass is 627 g/mol.